The van der Waals surface area contributed by atoms with Gasteiger partial charge in [0.1, 0.15) is 0 Å². The number of anilines is 2. The molecule has 3 aromatic carbocycles. The van der Waals surface area contributed by atoms with Gasteiger partial charge in [-0.25, -0.2) is 4.90 Å². The number of aryl methyl sites for hydroxylation is 2. The van der Waals surface area contributed by atoms with E-state index in [-0.39, 0.29) is 24.1 Å². The number of carbonyl (C=O) groups excluding carboxylic acids is 3. The molecular weight excluding hydrogens is 432 g/mol. The highest BCUT2D eigenvalue weighted by Crippen LogP contribution is 2.37. The molecule has 0 unspecified atom stereocenters. The fraction of sp³-hybridized carbons (Fsp3) is 0.222. The Bertz CT molecular complexity index is 1180. The third-order valence-electron chi connectivity index (χ3n) is 5.65. The maximum absolute atomic E-state index is 13.2. The van der Waals surface area contributed by atoms with Gasteiger partial charge in [0.2, 0.25) is 17.7 Å². The second kappa shape index (κ2) is 10.0. The van der Waals surface area contributed by atoms with Crippen molar-refractivity contribution in [1.82, 2.24) is 0 Å². The molecule has 0 bridgehead atoms. The monoisotopic (exact) mass is 458 g/mol. The molecule has 0 aromatic heterocycles. The van der Waals surface area contributed by atoms with Gasteiger partial charge in [0.25, 0.3) is 0 Å². The van der Waals surface area contributed by atoms with Crippen molar-refractivity contribution >= 4 is 40.9 Å². The van der Waals surface area contributed by atoms with Crippen LogP contribution >= 0.6 is 11.8 Å². The lowest BCUT2D eigenvalue weighted by Gasteiger charge is -2.20. The molecule has 1 aliphatic rings. The fourth-order valence-corrected chi connectivity index (χ4v) is 5.08. The summed E-state index contributed by atoms with van der Waals surface area (Å²) in [6.07, 6.45) is 1.24. The highest BCUT2D eigenvalue weighted by molar-refractivity contribution is 8.00. The van der Waals surface area contributed by atoms with Crippen LogP contribution in [-0.2, 0) is 27.2 Å². The number of hydrogen-bond donors (Lipinski definition) is 1. The first-order valence-electron chi connectivity index (χ1n) is 11.0. The van der Waals surface area contributed by atoms with Crippen LogP contribution in [0.2, 0.25) is 0 Å². The lowest BCUT2D eigenvalue weighted by Crippen LogP contribution is -2.32. The van der Waals surface area contributed by atoms with Crippen molar-refractivity contribution in [3.63, 3.8) is 0 Å². The number of carbonyl (C=O) groups is 3. The van der Waals surface area contributed by atoms with Gasteiger partial charge < -0.3 is 5.32 Å². The third kappa shape index (κ3) is 5.17. The van der Waals surface area contributed by atoms with Crippen LogP contribution in [0.3, 0.4) is 0 Å². The fourth-order valence-electron chi connectivity index (χ4n) is 4.02. The molecule has 0 aliphatic carbocycles. The summed E-state index contributed by atoms with van der Waals surface area (Å²) in [7, 11) is 0. The summed E-state index contributed by atoms with van der Waals surface area (Å²) < 4.78 is 0. The normalized spacial score (nSPS) is 15.7. The maximum Gasteiger partial charge on any atom is 0.247 e. The topological polar surface area (TPSA) is 66.5 Å². The average molecular weight is 459 g/mol. The number of imide groups is 1. The number of benzene rings is 3. The number of nitrogens with zero attached hydrogens (tertiary/aromatic N) is 1. The highest BCUT2D eigenvalue weighted by Gasteiger charge is 2.41. The Morgan fingerprint density at radius 1 is 1.00 bits per heavy atom. The Balaban J connectivity index is 1.41. The largest absolute Gasteiger partial charge is 0.326 e. The molecule has 3 aromatic rings. The summed E-state index contributed by atoms with van der Waals surface area (Å²) in [6, 6.07) is 22.8. The van der Waals surface area contributed by atoms with E-state index in [0.29, 0.717) is 12.1 Å². The van der Waals surface area contributed by atoms with E-state index in [1.807, 2.05) is 86.6 Å². The molecule has 33 heavy (non-hydrogen) atoms. The highest BCUT2D eigenvalue weighted by atomic mass is 32.2. The van der Waals surface area contributed by atoms with E-state index >= 15 is 0 Å². The molecule has 5 nitrogen and oxygen atoms in total. The smallest absolute Gasteiger partial charge is 0.247 e. The van der Waals surface area contributed by atoms with E-state index in [1.54, 1.807) is 0 Å². The van der Waals surface area contributed by atoms with E-state index in [0.717, 1.165) is 33.7 Å². The van der Waals surface area contributed by atoms with Crippen molar-refractivity contribution in [3.8, 4) is 0 Å². The summed E-state index contributed by atoms with van der Waals surface area (Å²) in [5.41, 5.74) is 4.31. The van der Waals surface area contributed by atoms with Gasteiger partial charge in [-0.1, -0.05) is 55.5 Å². The molecule has 3 amide bonds. The number of hydrogen-bond acceptors (Lipinski definition) is 4. The molecule has 1 aliphatic heterocycles. The van der Waals surface area contributed by atoms with Crippen molar-refractivity contribution in [2.24, 2.45) is 0 Å². The zero-order valence-corrected chi connectivity index (χ0v) is 19.5. The summed E-state index contributed by atoms with van der Waals surface area (Å²) >= 11 is 1.39. The van der Waals surface area contributed by atoms with Gasteiger partial charge in [0, 0.05) is 17.0 Å². The van der Waals surface area contributed by atoms with Crippen LogP contribution in [0.1, 0.15) is 30.0 Å². The summed E-state index contributed by atoms with van der Waals surface area (Å²) in [6.45, 7) is 3.95. The first-order valence-corrected chi connectivity index (χ1v) is 11.9. The van der Waals surface area contributed by atoms with Crippen LogP contribution < -0.4 is 10.2 Å². The van der Waals surface area contributed by atoms with Crippen LogP contribution in [-0.4, -0.2) is 23.0 Å². The minimum Gasteiger partial charge on any atom is -0.326 e. The van der Waals surface area contributed by atoms with Gasteiger partial charge in [0.05, 0.1) is 17.4 Å². The first kappa shape index (κ1) is 22.8. The van der Waals surface area contributed by atoms with E-state index in [4.69, 9.17) is 0 Å². The average Bonchev–Trinajstić information content (AvgIpc) is 3.08. The molecule has 1 fully saturated rings. The molecule has 1 heterocycles. The third-order valence-corrected chi connectivity index (χ3v) is 6.85. The first-order chi connectivity index (χ1) is 16.0. The second-order valence-electron chi connectivity index (χ2n) is 8.05. The Kier molecular flexibility index (Phi) is 6.94. The zero-order valence-electron chi connectivity index (χ0n) is 18.7. The Labute approximate surface area is 198 Å². The number of thioether (sulfide) groups is 1. The molecule has 1 N–H and O–H groups in total. The Morgan fingerprint density at radius 3 is 2.42 bits per heavy atom. The van der Waals surface area contributed by atoms with Crippen LogP contribution in [0.5, 0.6) is 0 Å². The predicted octanol–water partition coefficient (Wildman–Crippen LogP) is 5.16. The number of nitrogens with one attached hydrogen (secondary N) is 1. The Hall–Kier alpha value is -3.38. The van der Waals surface area contributed by atoms with Gasteiger partial charge in [0.15, 0.2) is 0 Å². The van der Waals surface area contributed by atoms with Crippen molar-refractivity contribution < 1.29 is 14.4 Å². The number of para-hydroxylation sites is 1. The second-order valence-corrected chi connectivity index (χ2v) is 9.33. The molecule has 0 saturated carbocycles. The van der Waals surface area contributed by atoms with E-state index in [9.17, 15) is 14.4 Å². The van der Waals surface area contributed by atoms with Crippen molar-refractivity contribution in [3.05, 3.63) is 89.5 Å². The van der Waals surface area contributed by atoms with E-state index in [2.05, 4.69) is 5.32 Å². The van der Waals surface area contributed by atoms with Crippen LogP contribution in [0, 0.1) is 6.92 Å². The Morgan fingerprint density at radius 2 is 1.73 bits per heavy atom. The molecule has 6 heteroatoms. The van der Waals surface area contributed by atoms with E-state index < -0.39 is 5.25 Å². The van der Waals surface area contributed by atoms with Crippen LogP contribution in [0.4, 0.5) is 11.4 Å². The van der Waals surface area contributed by atoms with Crippen molar-refractivity contribution in [2.75, 3.05) is 10.2 Å². The molecule has 4 rings (SSSR count). The lowest BCUT2D eigenvalue weighted by molar-refractivity contribution is -0.121. The summed E-state index contributed by atoms with van der Waals surface area (Å²) in [4.78, 5) is 40.4. The summed E-state index contributed by atoms with van der Waals surface area (Å²) in [5.74, 6) is -0.417. The van der Waals surface area contributed by atoms with Crippen molar-refractivity contribution in [1.29, 1.82) is 0 Å². The molecule has 0 spiro atoms. The summed E-state index contributed by atoms with van der Waals surface area (Å²) in [5, 5.41) is 2.44. The van der Waals surface area contributed by atoms with Crippen LogP contribution in [0.25, 0.3) is 0 Å². The molecule has 1 atom stereocenters. The van der Waals surface area contributed by atoms with Gasteiger partial charge in [-0.15, -0.1) is 11.8 Å². The molecule has 168 valence electrons. The van der Waals surface area contributed by atoms with Gasteiger partial charge >= 0.3 is 0 Å². The standard InChI is InChI=1S/C27H26N2O3S/c1-3-20-11-7-8-18(2)26(20)29-25(31)17-23(27(29)32)33-22-14-12-21(13-15-22)28-24(30)16-19-9-5-4-6-10-19/h4-15,23H,3,16-17H2,1-2H3,(H,28,30)/t23-/m1/s1. The number of amides is 3. The molecule has 0 radical (unpaired) electrons. The minimum atomic E-state index is -0.458. The van der Waals surface area contributed by atoms with Gasteiger partial charge in [-0.3, -0.25) is 14.4 Å². The van der Waals surface area contributed by atoms with Crippen LogP contribution in [0.15, 0.2) is 77.7 Å². The lowest BCUT2D eigenvalue weighted by atomic mass is 10.0. The van der Waals surface area contributed by atoms with Gasteiger partial charge in [-0.2, -0.15) is 0 Å². The molecule has 1 saturated heterocycles. The van der Waals surface area contributed by atoms with Gasteiger partial charge in [-0.05, 0) is 54.3 Å². The maximum atomic E-state index is 13.2. The van der Waals surface area contributed by atoms with Crippen molar-refractivity contribution in [2.45, 2.75) is 43.3 Å². The van der Waals surface area contributed by atoms with E-state index in [1.165, 1.54) is 16.7 Å². The number of rotatable bonds is 7. The zero-order chi connectivity index (χ0) is 23.4. The minimum absolute atomic E-state index is 0.0845. The predicted molar refractivity (Wildman–Crippen MR) is 133 cm³/mol. The SMILES string of the molecule is CCc1cccc(C)c1N1C(=O)C[C@@H](Sc2ccc(NC(=O)Cc3ccccc3)cc2)C1=O. The molecular formula is C27H26N2O3S. The quantitative estimate of drug-likeness (QED) is 0.497.